The Morgan fingerprint density at radius 1 is 1.05 bits per heavy atom. The number of hydrogen-bond acceptors (Lipinski definition) is 7. The van der Waals surface area contributed by atoms with Crippen LogP contribution in [0, 0.1) is 11.6 Å². The van der Waals surface area contributed by atoms with Gasteiger partial charge >= 0.3 is 0 Å². The van der Waals surface area contributed by atoms with E-state index in [-0.39, 0.29) is 10.7 Å². The van der Waals surface area contributed by atoms with Crippen LogP contribution in [0.15, 0.2) is 71.5 Å². The number of thiazole rings is 1. The second-order valence-corrected chi connectivity index (χ2v) is 9.99. The maximum Gasteiger partial charge on any atom is 0.227 e. The van der Waals surface area contributed by atoms with Crippen LogP contribution in [-0.2, 0) is 13.0 Å². The summed E-state index contributed by atoms with van der Waals surface area (Å²) >= 11 is 7.90. The van der Waals surface area contributed by atoms with Gasteiger partial charge < -0.3 is 10.6 Å². The zero-order valence-corrected chi connectivity index (χ0v) is 21.1. The third-order valence-corrected chi connectivity index (χ3v) is 7.28. The van der Waals surface area contributed by atoms with Crippen LogP contribution in [0.5, 0.6) is 0 Å². The first-order valence-electron chi connectivity index (χ1n) is 11.5. The van der Waals surface area contributed by atoms with E-state index >= 15 is 0 Å². The Hall–Kier alpha value is -3.79. The molecule has 2 aliphatic rings. The molecule has 0 radical (unpaired) electrons. The second-order valence-electron chi connectivity index (χ2n) is 8.48. The van der Waals surface area contributed by atoms with Gasteiger partial charge in [-0.1, -0.05) is 23.7 Å². The van der Waals surface area contributed by atoms with Gasteiger partial charge in [0, 0.05) is 35.8 Å². The number of nitrogens with zero attached hydrogens (tertiary/aromatic N) is 4. The molecular weight excluding hydrogens is 514 g/mol. The number of fused-ring (bicyclic) bond motifs is 4. The standard InChI is InChI=1S/C27H19ClF2N6S/c1-31-13-24-35-21-8-6-15(9-22(21)37-24)34-27-33-11-14-5-7-16-17(25-19(29)3-2-4-20(25)30)10-23(28)32-12-18(16)26(14)36-27/h2-4,6-12,31H,5,13H2,1H3,(H,33,34,36). The van der Waals surface area contributed by atoms with Crippen molar-refractivity contribution in [3.8, 4) is 0 Å². The molecule has 0 bridgehead atoms. The van der Waals surface area contributed by atoms with Gasteiger partial charge in [-0.05, 0) is 61.0 Å². The summed E-state index contributed by atoms with van der Waals surface area (Å²) in [5.41, 5.74) is 4.65. The summed E-state index contributed by atoms with van der Waals surface area (Å²) in [5, 5.41) is 7.51. The zero-order chi connectivity index (χ0) is 25.5. The van der Waals surface area contributed by atoms with Gasteiger partial charge in [0.2, 0.25) is 5.95 Å². The van der Waals surface area contributed by atoms with Crippen LogP contribution in [-0.4, -0.2) is 27.2 Å². The van der Waals surface area contributed by atoms with Gasteiger partial charge in [0.25, 0.3) is 0 Å². The summed E-state index contributed by atoms with van der Waals surface area (Å²) in [6.45, 7) is 0.709. The largest absolute Gasteiger partial charge is 0.324 e. The minimum absolute atomic E-state index is 0.116. The van der Waals surface area contributed by atoms with Gasteiger partial charge in [-0.15, -0.1) is 11.3 Å². The minimum Gasteiger partial charge on any atom is -0.324 e. The summed E-state index contributed by atoms with van der Waals surface area (Å²) < 4.78 is 30.6. The molecule has 4 aromatic rings. The van der Waals surface area contributed by atoms with E-state index in [9.17, 15) is 8.78 Å². The highest BCUT2D eigenvalue weighted by molar-refractivity contribution is 7.18. The first kappa shape index (κ1) is 23.6. The molecule has 1 aliphatic carbocycles. The Balaban J connectivity index is 1.37. The van der Waals surface area contributed by atoms with Crippen LogP contribution in [0.2, 0.25) is 0 Å². The molecule has 2 aromatic heterocycles. The Labute approximate surface area is 220 Å². The van der Waals surface area contributed by atoms with Crippen molar-refractivity contribution in [3.05, 3.63) is 100.0 Å². The van der Waals surface area contributed by atoms with E-state index in [0.717, 1.165) is 26.5 Å². The first-order chi connectivity index (χ1) is 18.0. The Kier molecular flexibility index (Phi) is 6.11. The molecule has 0 amide bonds. The van der Waals surface area contributed by atoms with Gasteiger partial charge in [0.15, 0.2) is 0 Å². The number of aliphatic imine (C=N–C) groups is 1. The van der Waals surface area contributed by atoms with E-state index in [2.05, 4.69) is 25.6 Å². The highest BCUT2D eigenvalue weighted by Gasteiger charge is 2.27. The summed E-state index contributed by atoms with van der Waals surface area (Å²) in [6.07, 6.45) is 7.20. The van der Waals surface area contributed by atoms with Crippen molar-refractivity contribution in [3.63, 3.8) is 0 Å². The molecule has 0 unspecified atom stereocenters. The van der Waals surface area contributed by atoms with Crippen molar-refractivity contribution in [1.82, 2.24) is 20.3 Å². The van der Waals surface area contributed by atoms with Crippen molar-refractivity contribution < 1.29 is 8.78 Å². The molecule has 1 aliphatic heterocycles. The molecule has 10 heteroatoms. The Morgan fingerprint density at radius 3 is 2.70 bits per heavy atom. The minimum atomic E-state index is -0.676. The van der Waals surface area contributed by atoms with Crippen molar-refractivity contribution >= 4 is 61.1 Å². The average Bonchev–Trinajstić information content (AvgIpc) is 3.20. The molecule has 6 nitrogen and oxygen atoms in total. The van der Waals surface area contributed by atoms with E-state index < -0.39 is 11.6 Å². The highest BCUT2D eigenvalue weighted by Crippen LogP contribution is 2.41. The summed E-state index contributed by atoms with van der Waals surface area (Å²) in [4.78, 5) is 18.1. The van der Waals surface area contributed by atoms with Crippen molar-refractivity contribution in [2.24, 2.45) is 4.99 Å². The molecule has 0 atom stereocenters. The normalized spacial score (nSPS) is 14.7. The first-order valence-corrected chi connectivity index (χ1v) is 12.7. The molecule has 3 heterocycles. The number of anilines is 2. The number of hydrogen-bond donors (Lipinski definition) is 2. The molecule has 0 fully saturated rings. The van der Waals surface area contributed by atoms with Gasteiger partial charge in [0.1, 0.15) is 21.8 Å². The van der Waals surface area contributed by atoms with Crippen molar-refractivity contribution in [1.29, 1.82) is 0 Å². The predicted molar refractivity (Wildman–Crippen MR) is 145 cm³/mol. The number of aromatic nitrogens is 3. The number of benzene rings is 2. The molecular formula is C27H19ClF2N6S. The lowest BCUT2D eigenvalue weighted by atomic mass is 9.84. The molecule has 0 spiro atoms. The summed E-state index contributed by atoms with van der Waals surface area (Å²) in [7, 11) is 1.89. The molecule has 37 heavy (non-hydrogen) atoms. The summed E-state index contributed by atoms with van der Waals surface area (Å²) in [6, 6.07) is 9.67. The molecule has 2 N–H and O–H groups in total. The van der Waals surface area contributed by atoms with E-state index in [1.807, 2.05) is 31.3 Å². The smallest absolute Gasteiger partial charge is 0.227 e. The van der Waals surface area contributed by atoms with Gasteiger partial charge in [0.05, 0.1) is 21.5 Å². The van der Waals surface area contributed by atoms with Crippen LogP contribution < -0.4 is 10.6 Å². The topological polar surface area (TPSA) is 75.1 Å². The van der Waals surface area contributed by atoms with E-state index in [4.69, 9.17) is 16.6 Å². The predicted octanol–water partition coefficient (Wildman–Crippen LogP) is 6.39. The van der Waals surface area contributed by atoms with Crippen LogP contribution in [0.4, 0.5) is 20.4 Å². The van der Waals surface area contributed by atoms with Crippen molar-refractivity contribution in [2.45, 2.75) is 13.0 Å². The quantitative estimate of drug-likeness (QED) is 0.312. The lowest BCUT2D eigenvalue weighted by Gasteiger charge is -2.22. The van der Waals surface area contributed by atoms with Crippen molar-refractivity contribution in [2.75, 3.05) is 12.4 Å². The molecule has 184 valence electrons. The lowest BCUT2D eigenvalue weighted by Crippen LogP contribution is -2.10. The average molecular weight is 533 g/mol. The Morgan fingerprint density at radius 2 is 1.89 bits per heavy atom. The number of allylic oxidation sites excluding steroid dienone is 5. The van der Waals surface area contributed by atoms with Gasteiger partial charge in [-0.3, -0.25) is 0 Å². The molecule has 2 aromatic carbocycles. The fraction of sp³-hybridized carbons (Fsp3) is 0.111. The van der Waals surface area contributed by atoms with Crippen LogP contribution in [0.1, 0.15) is 21.8 Å². The monoisotopic (exact) mass is 532 g/mol. The Bertz CT molecular complexity index is 1670. The van der Waals surface area contributed by atoms with E-state index in [1.54, 1.807) is 23.7 Å². The van der Waals surface area contributed by atoms with Crippen LogP contribution in [0.3, 0.4) is 0 Å². The maximum absolute atomic E-state index is 14.8. The number of rotatable bonds is 5. The molecule has 0 saturated heterocycles. The van der Waals surface area contributed by atoms with E-state index in [0.29, 0.717) is 41.3 Å². The zero-order valence-electron chi connectivity index (χ0n) is 19.5. The lowest BCUT2D eigenvalue weighted by molar-refractivity contribution is 0.577. The maximum atomic E-state index is 14.8. The fourth-order valence-electron chi connectivity index (χ4n) is 4.41. The van der Waals surface area contributed by atoms with Gasteiger partial charge in [-0.2, -0.15) is 0 Å². The highest BCUT2D eigenvalue weighted by atomic mass is 35.5. The third-order valence-electron chi connectivity index (χ3n) is 6.06. The van der Waals surface area contributed by atoms with Crippen LogP contribution in [0.25, 0.3) is 21.4 Å². The van der Waals surface area contributed by atoms with Crippen LogP contribution >= 0.6 is 22.9 Å². The van der Waals surface area contributed by atoms with E-state index in [1.165, 1.54) is 24.3 Å². The van der Waals surface area contributed by atoms with Gasteiger partial charge in [-0.25, -0.2) is 28.7 Å². The molecule has 6 rings (SSSR count). The second kappa shape index (κ2) is 9.59. The third kappa shape index (κ3) is 4.46. The SMILES string of the molecule is CNCc1nc2ccc(Nc3ncc4c(n3)C3=CN=C(Cl)C=C(c5c(F)cccc5F)C3=CC4)cc2s1. The number of halogens is 3. The summed E-state index contributed by atoms with van der Waals surface area (Å²) in [5.74, 6) is -0.961. The fourth-order valence-corrected chi connectivity index (χ4v) is 5.59. The molecule has 0 saturated carbocycles. The number of nitrogens with one attached hydrogen (secondary N) is 2.